The number of hydrogen-bond acceptors (Lipinski definition) is 5. The van der Waals surface area contributed by atoms with Crippen LogP contribution in [0.4, 0.5) is 9.59 Å². The Morgan fingerprint density at radius 3 is 1.63 bits per heavy atom. The summed E-state index contributed by atoms with van der Waals surface area (Å²) < 4.78 is 13.4. The minimum Gasteiger partial charge on any atom is -0.449 e. The number of carbonyl (C=O) groups is 3. The topological polar surface area (TPSA) is 86.6 Å². The standard InChI is InChI=1S/C50H44N2O5/c1-49(2,3)57-48(55)52-32-34(38-25-17-18-30-45(38)52)31-44(51-47(54)56-33-43-41-28-15-13-26-39(41)40-27-14-16-29-42(40)43)46(53)50(35-19-7-4-8-20-35,36-21-9-5-10-22-36)37-23-11-6-12-24-37/h4-30,32,43-44H,31,33H2,1-3H3,(H,51,54)/t44-/m0/s1. The molecule has 0 saturated carbocycles. The first kappa shape index (κ1) is 37.2. The minimum absolute atomic E-state index is 0.0631. The quantitative estimate of drug-likeness (QED) is 0.141. The van der Waals surface area contributed by atoms with Crippen molar-refractivity contribution < 1.29 is 23.9 Å². The van der Waals surface area contributed by atoms with Crippen LogP contribution in [0.2, 0.25) is 0 Å². The van der Waals surface area contributed by atoms with Crippen LogP contribution in [0.15, 0.2) is 170 Å². The molecule has 57 heavy (non-hydrogen) atoms. The largest absolute Gasteiger partial charge is 0.449 e. The molecule has 1 aliphatic carbocycles. The number of rotatable bonds is 10. The Morgan fingerprint density at radius 1 is 0.632 bits per heavy atom. The van der Waals surface area contributed by atoms with Crippen molar-refractivity contribution in [1.82, 2.24) is 9.88 Å². The molecule has 1 N–H and O–H groups in total. The third-order valence-electron chi connectivity index (χ3n) is 10.8. The Labute approximate surface area is 332 Å². The molecule has 0 radical (unpaired) electrons. The van der Waals surface area contributed by atoms with Gasteiger partial charge >= 0.3 is 12.2 Å². The van der Waals surface area contributed by atoms with Gasteiger partial charge in [0, 0.05) is 23.9 Å². The van der Waals surface area contributed by atoms with Gasteiger partial charge in [0.05, 0.1) is 11.6 Å². The fourth-order valence-corrected chi connectivity index (χ4v) is 8.34. The molecule has 1 atom stereocenters. The molecular formula is C50H44N2O5. The zero-order chi connectivity index (χ0) is 39.6. The summed E-state index contributed by atoms with van der Waals surface area (Å²) >= 11 is 0. The Hall–Kier alpha value is -6.73. The van der Waals surface area contributed by atoms with E-state index < -0.39 is 29.2 Å². The summed E-state index contributed by atoms with van der Waals surface area (Å²) in [6.45, 7) is 5.54. The number of Topliss-reactive ketones (excluding diaryl/α,β-unsaturated/α-hetero) is 1. The van der Waals surface area contributed by atoms with E-state index in [4.69, 9.17) is 9.47 Å². The predicted molar refractivity (Wildman–Crippen MR) is 223 cm³/mol. The van der Waals surface area contributed by atoms with Gasteiger partial charge in [0.25, 0.3) is 0 Å². The smallest absolute Gasteiger partial charge is 0.419 e. The van der Waals surface area contributed by atoms with Gasteiger partial charge in [0.1, 0.15) is 17.6 Å². The number of nitrogens with zero attached hydrogens (tertiary/aromatic N) is 1. The van der Waals surface area contributed by atoms with Gasteiger partial charge in [-0.15, -0.1) is 0 Å². The van der Waals surface area contributed by atoms with E-state index in [1.807, 2.05) is 160 Å². The molecule has 284 valence electrons. The second-order valence-electron chi connectivity index (χ2n) is 15.5. The van der Waals surface area contributed by atoms with Crippen LogP contribution in [-0.2, 0) is 26.1 Å². The number of aromatic nitrogens is 1. The molecule has 1 aliphatic rings. The number of ether oxygens (including phenoxy) is 2. The van der Waals surface area contributed by atoms with Crippen molar-refractivity contribution in [2.24, 2.45) is 0 Å². The van der Waals surface area contributed by atoms with E-state index in [1.54, 1.807) is 6.20 Å². The van der Waals surface area contributed by atoms with Crippen LogP contribution >= 0.6 is 0 Å². The summed E-state index contributed by atoms with van der Waals surface area (Å²) in [6, 6.07) is 51.8. The highest BCUT2D eigenvalue weighted by Gasteiger charge is 2.47. The number of amides is 1. The molecule has 7 aromatic rings. The maximum atomic E-state index is 16.0. The summed E-state index contributed by atoms with van der Waals surface area (Å²) in [5.74, 6) is -0.421. The fourth-order valence-electron chi connectivity index (χ4n) is 8.34. The number of benzene rings is 6. The summed E-state index contributed by atoms with van der Waals surface area (Å²) in [4.78, 5) is 43.8. The second-order valence-corrected chi connectivity index (χ2v) is 15.5. The summed E-state index contributed by atoms with van der Waals surface area (Å²) in [7, 11) is 0. The molecule has 0 aliphatic heterocycles. The SMILES string of the molecule is CC(C)(C)OC(=O)n1cc(C[C@H](NC(=O)OCC2c3ccccc3-c3ccccc32)C(=O)C(c2ccccc2)(c2ccccc2)c2ccccc2)c2ccccc21. The molecule has 6 aromatic carbocycles. The highest BCUT2D eigenvalue weighted by Crippen LogP contribution is 2.45. The van der Waals surface area contributed by atoms with E-state index in [0.29, 0.717) is 11.1 Å². The molecule has 0 fully saturated rings. The van der Waals surface area contributed by atoms with Gasteiger partial charge in [0.2, 0.25) is 0 Å². The molecule has 0 saturated heterocycles. The highest BCUT2D eigenvalue weighted by atomic mass is 16.6. The predicted octanol–water partition coefficient (Wildman–Crippen LogP) is 10.5. The number of para-hydroxylation sites is 1. The third kappa shape index (κ3) is 7.13. The van der Waals surface area contributed by atoms with Gasteiger partial charge in [-0.2, -0.15) is 0 Å². The van der Waals surface area contributed by atoms with Crippen LogP contribution in [-0.4, -0.2) is 40.8 Å². The Balaban J connectivity index is 1.22. The average molecular weight is 753 g/mol. The first-order valence-electron chi connectivity index (χ1n) is 19.3. The van der Waals surface area contributed by atoms with Gasteiger partial charge in [-0.3, -0.25) is 9.36 Å². The lowest BCUT2D eigenvalue weighted by molar-refractivity contribution is -0.124. The number of alkyl carbamates (subject to hydrolysis) is 1. The van der Waals surface area contributed by atoms with Gasteiger partial charge in [-0.05, 0) is 71.3 Å². The lowest BCUT2D eigenvalue weighted by atomic mass is 9.64. The van der Waals surface area contributed by atoms with Crippen LogP contribution in [0.5, 0.6) is 0 Å². The zero-order valence-electron chi connectivity index (χ0n) is 32.2. The molecule has 0 spiro atoms. The number of hydrogen-bond donors (Lipinski definition) is 1. The van der Waals surface area contributed by atoms with Gasteiger partial charge in [-0.25, -0.2) is 9.59 Å². The van der Waals surface area contributed by atoms with Gasteiger partial charge in [-0.1, -0.05) is 158 Å². The van der Waals surface area contributed by atoms with E-state index in [9.17, 15) is 9.59 Å². The van der Waals surface area contributed by atoms with Crippen LogP contribution in [0.3, 0.4) is 0 Å². The van der Waals surface area contributed by atoms with E-state index in [2.05, 4.69) is 29.6 Å². The molecule has 0 unspecified atom stereocenters. The Morgan fingerprint density at radius 2 is 1.11 bits per heavy atom. The minimum atomic E-state index is -1.34. The van der Waals surface area contributed by atoms with Crippen molar-refractivity contribution in [1.29, 1.82) is 0 Å². The number of fused-ring (bicyclic) bond motifs is 4. The van der Waals surface area contributed by atoms with Crippen LogP contribution in [0.25, 0.3) is 22.0 Å². The van der Waals surface area contributed by atoms with Crippen LogP contribution < -0.4 is 5.32 Å². The molecule has 8 rings (SSSR count). The van der Waals surface area contributed by atoms with Crippen molar-refractivity contribution in [3.8, 4) is 11.1 Å². The first-order chi connectivity index (χ1) is 27.6. The Kier molecular flexibility index (Phi) is 10.1. The van der Waals surface area contributed by atoms with E-state index in [-0.39, 0.29) is 24.7 Å². The lowest BCUT2D eigenvalue weighted by Gasteiger charge is -2.37. The van der Waals surface area contributed by atoms with Gasteiger partial charge < -0.3 is 14.8 Å². The van der Waals surface area contributed by atoms with Crippen LogP contribution in [0, 0.1) is 0 Å². The van der Waals surface area contributed by atoms with Crippen molar-refractivity contribution in [3.05, 3.63) is 203 Å². The molecule has 1 heterocycles. The second kappa shape index (κ2) is 15.4. The fraction of sp³-hybridized carbons (Fsp3) is 0.180. The number of carbonyl (C=O) groups excluding carboxylic acids is 3. The third-order valence-corrected chi connectivity index (χ3v) is 10.8. The van der Waals surface area contributed by atoms with Crippen LogP contribution in [0.1, 0.15) is 60.1 Å². The molecule has 7 nitrogen and oxygen atoms in total. The van der Waals surface area contributed by atoms with Crippen molar-refractivity contribution in [2.75, 3.05) is 6.61 Å². The maximum Gasteiger partial charge on any atom is 0.419 e. The average Bonchev–Trinajstić information content (AvgIpc) is 3.76. The molecule has 7 heteroatoms. The summed E-state index contributed by atoms with van der Waals surface area (Å²) in [5, 5.41) is 3.82. The van der Waals surface area contributed by atoms with Crippen molar-refractivity contribution in [2.45, 2.75) is 50.2 Å². The number of ketones is 1. The van der Waals surface area contributed by atoms with E-state index in [1.165, 1.54) is 4.57 Å². The molecular weight excluding hydrogens is 709 g/mol. The Bertz CT molecular complexity index is 2410. The normalized spacial score (nSPS) is 13.0. The monoisotopic (exact) mass is 752 g/mol. The summed E-state index contributed by atoms with van der Waals surface area (Å²) in [6.07, 6.45) is 0.528. The summed E-state index contributed by atoms with van der Waals surface area (Å²) in [5.41, 5.74) is 5.93. The first-order valence-corrected chi connectivity index (χ1v) is 19.3. The maximum absolute atomic E-state index is 16.0. The lowest BCUT2D eigenvalue weighted by Crippen LogP contribution is -2.52. The number of nitrogens with one attached hydrogen (secondary N) is 1. The van der Waals surface area contributed by atoms with Gasteiger partial charge in [0.15, 0.2) is 5.78 Å². The van der Waals surface area contributed by atoms with E-state index >= 15 is 4.79 Å². The molecule has 1 amide bonds. The highest BCUT2D eigenvalue weighted by molar-refractivity contribution is 6.03. The molecule has 0 bridgehead atoms. The van der Waals surface area contributed by atoms with Crippen molar-refractivity contribution >= 4 is 28.9 Å². The molecule has 1 aromatic heterocycles. The van der Waals surface area contributed by atoms with E-state index in [0.717, 1.165) is 44.3 Å². The van der Waals surface area contributed by atoms with Crippen molar-refractivity contribution in [3.63, 3.8) is 0 Å². The zero-order valence-corrected chi connectivity index (χ0v) is 32.2.